The molecule has 0 bridgehead atoms. The second-order valence-electron chi connectivity index (χ2n) is 6.12. The average molecular weight is 416 g/mol. The molecule has 152 valence electrons. The number of carbonyl (C=O) groups is 1. The van der Waals surface area contributed by atoms with Crippen molar-refractivity contribution >= 4 is 21.6 Å². The van der Waals surface area contributed by atoms with E-state index in [0.29, 0.717) is 11.3 Å². The van der Waals surface area contributed by atoms with Crippen LogP contribution in [-0.2, 0) is 21.0 Å². The number of carbonyl (C=O) groups excluding carboxylic acids is 1. The molecule has 2 rings (SSSR count). The van der Waals surface area contributed by atoms with Crippen molar-refractivity contribution in [1.82, 2.24) is 4.31 Å². The number of halogens is 3. The zero-order chi connectivity index (χ0) is 21.1. The van der Waals surface area contributed by atoms with Gasteiger partial charge in [0.05, 0.1) is 10.5 Å². The Morgan fingerprint density at radius 3 is 2.25 bits per heavy atom. The number of anilines is 1. The van der Waals surface area contributed by atoms with Gasteiger partial charge >= 0.3 is 6.18 Å². The summed E-state index contributed by atoms with van der Waals surface area (Å²) in [6.45, 7) is 1.24. The molecule has 2 aromatic carbocycles. The minimum atomic E-state index is -4.45. The number of ether oxygens (including phenoxy) is 1. The van der Waals surface area contributed by atoms with Gasteiger partial charge in [0.25, 0.3) is 5.91 Å². The molecule has 0 heterocycles. The molecule has 0 aliphatic carbocycles. The van der Waals surface area contributed by atoms with Crippen molar-refractivity contribution in [1.29, 1.82) is 0 Å². The van der Waals surface area contributed by atoms with E-state index in [1.807, 2.05) is 0 Å². The lowest BCUT2D eigenvalue weighted by Gasteiger charge is -2.14. The highest BCUT2D eigenvalue weighted by molar-refractivity contribution is 7.89. The zero-order valence-corrected chi connectivity index (χ0v) is 16.2. The lowest BCUT2D eigenvalue weighted by Crippen LogP contribution is -2.23. The van der Waals surface area contributed by atoms with Crippen LogP contribution in [0, 0.1) is 6.92 Å². The number of alkyl halides is 3. The summed E-state index contributed by atoms with van der Waals surface area (Å²) < 4.78 is 68.2. The van der Waals surface area contributed by atoms with Crippen LogP contribution in [0.1, 0.15) is 11.1 Å². The van der Waals surface area contributed by atoms with Crippen LogP contribution in [0.2, 0.25) is 0 Å². The van der Waals surface area contributed by atoms with Gasteiger partial charge in [0.2, 0.25) is 10.0 Å². The van der Waals surface area contributed by atoms with Crippen molar-refractivity contribution in [3.8, 4) is 5.75 Å². The van der Waals surface area contributed by atoms with Gasteiger partial charge in [-0.3, -0.25) is 4.79 Å². The van der Waals surface area contributed by atoms with Crippen LogP contribution in [0.3, 0.4) is 0 Å². The smallest absolute Gasteiger partial charge is 0.416 e. The van der Waals surface area contributed by atoms with E-state index in [1.165, 1.54) is 26.2 Å². The highest BCUT2D eigenvalue weighted by Crippen LogP contribution is 2.30. The second kappa shape index (κ2) is 8.19. The van der Waals surface area contributed by atoms with Crippen LogP contribution in [0.5, 0.6) is 5.75 Å². The van der Waals surface area contributed by atoms with E-state index >= 15 is 0 Å². The van der Waals surface area contributed by atoms with Gasteiger partial charge < -0.3 is 10.1 Å². The molecule has 0 aromatic heterocycles. The van der Waals surface area contributed by atoms with E-state index in [-0.39, 0.29) is 10.6 Å². The number of hydrogen-bond acceptors (Lipinski definition) is 4. The molecule has 2 aromatic rings. The van der Waals surface area contributed by atoms with Crippen molar-refractivity contribution < 1.29 is 31.1 Å². The summed E-state index contributed by atoms with van der Waals surface area (Å²) in [6, 6.07) is 8.26. The molecule has 1 N–H and O–H groups in total. The first-order chi connectivity index (χ1) is 12.9. The maximum absolute atomic E-state index is 12.5. The van der Waals surface area contributed by atoms with Crippen LogP contribution in [-0.4, -0.2) is 39.3 Å². The first-order valence-corrected chi connectivity index (χ1v) is 9.48. The standard InChI is InChI=1S/C18H19F3N2O4S/c1-12-4-9-15(28(25,26)23(2)3)10-16(12)22-17(24)11-27-14-7-5-13(6-8-14)18(19,20)21/h4-10H,11H2,1-3H3,(H,22,24). The van der Waals surface area contributed by atoms with Crippen molar-refractivity contribution in [2.45, 2.75) is 18.0 Å². The molecule has 0 aliphatic rings. The summed E-state index contributed by atoms with van der Waals surface area (Å²) in [5.74, 6) is -0.480. The summed E-state index contributed by atoms with van der Waals surface area (Å²) in [4.78, 5) is 12.1. The van der Waals surface area contributed by atoms with Crippen LogP contribution >= 0.6 is 0 Å². The molecule has 0 aliphatic heterocycles. The molecule has 1 amide bonds. The fourth-order valence-corrected chi connectivity index (χ4v) is 3.11. The molecular formula is C18H19F3N2O4S. The van der Waals surface area contributed by atoms with Gasteiger partial charge in [-0.2, -0.15) is 13.2 Å². The summed E-state index contributed by atoms with van der Waals surface area (Å²) in [5, 5.41) is 2.54. The maximum atomic E-state index is 12.5. The molecule has 0 unspecified atom stereocenters. The predicted molar refractivity (Wildman–Crippen MR) is 97.6 cm³/mol. The molecule has 28 heavy (non-hydrogen) atoms. The zero-order valence-electron chi connectivity index (χ0n) is 15.4. The number of hydrogen-bond donors (Lipinski definition) is 1. The first-order valence-electron chi connectivity index (χ1n) is 8.04. The Morgan fingerprint density at radius 2 is 1.71 bits per heavy atom. The van der Waals surface area contributed by atoms with Crippen molar-refractivity contribution in [3.05, 3.63) is 53.6 Å². The summed E-state index contributed by atoms with van der Waals surface area (Å²) in [6.07, 6.45) is -4.45. The maximum Gasteiger partial charge on any atom is 0.416 e. The van der Waals surface area contributed by atoms with Gasteiger partial charge in [-0.05, 0) is 48.9 Å². The SMILES string of the molecule is Cc1ccc(S(=O)(=O)N(C)C)cc1NC(=O)COc1ccc(C(F)(F)F)cc1. The molecule has 10 heteroatoms. The number of nitrogens with zero attached hydrogens (tertiary/aromatic N) is 1. The number of benzene rings is 2. The number of nitrogens with one attached hydrogen (secondary N) is 1. The highest BCUT2D eigenvalue weighted by atomic mass is 32.2. The quantitative estimate of drug-likeness (QED) is 0.784. The van der Waals surface area contributed by atoms with Gasteiger partial charge in [0.15, 0.2) is 6.61 Å². The van der Waals surface area contributed by atoms with Gasteiger partial charge in [0, 0.05) is 19.8 Å². The Bertz CT molecular complexity index is 956. The third-order valence-corrected chi connectivity index (χ3v) is 5.62. The third-order valence-electron chi connectivity index (χ3n) is 3.81. The van der Waals surface area contributed by atoms with Gasteiger partial charge in [-0.25, -0.2) is 12.7 Å². The van der Waals surface area contributed by atoms with E-state index in [4.69, 9.17) is 4.74 Å². The predicted octanol–water partition coefficient (Wildman–Crippen LogP) is 3.28. The summed E-state index contributed by atoms with van der Waals surface area (Å²) in [7, 11) is -0.876. The van der Waals surface area contributed by atoms with E-state index in [2.05, 4.69) is 5.32 Å². The normalized spacial score (nSPS) is 12.1. The number of sulfonamides is 1. The Kier molecular flexibility index (Phi) is 6.35. The van der Waals surface area contributed by atoms with E-state index < -0.39 is 34.3 Å². The minimum Gasteiger partial charge on any atom is -0.484 e. The van der Waals surface area contributed by atoms with Crippen LogP contribution in [0.4, 0.5) is 18.9 Å². The molecule has 0 spiro atoms. The van der Waals surface area contributed by atoms with Crippen LogP contribution in [0.15, 0.2) is 47.4 Å². The average Bonchev–Trinajstić information content (AvgIpc) is 2.61. The van der Waals surface area contributed by atoms with Gasteiger partial charge in [-0.1, -0.05) is 6.07 Å². The first kappa shape index (κ1) is 21.7. The van der Waals surface area contributed by atoms with E-state index in [0.717, 1.165) is 28.6 Å². The molecule has 0 saturated carbocycles. The molecule has 6 nitrogen and oxygen atoms in total. The number of amides is 1. The number of aryl methyl sites for hydroxylation is 1. The van der Waals surface area contributed by atoms with Crippen LogP contribution in [0.25, 0.3) is 0 Å². The third kappa shape index (κ3) is 5.23. The Hall–Kier alpha value is -2.59. The molecule has 0 atom stereocenters. The van der Waals surface area contributed by atoms with Crippen LogP contribution < -0.4 is 10.1 Å². The lowest BCUT2D eigenvalue weighted by atomic mass is 10.2. The van der Waals surface area contributed by atoms with Crippen molar-refractivity contribution in [2.24, 2.45) is 0 Å². The second-order valence-corrected chi connectivity index (χ2v) is 8.27. The Labute approximate surface area is 161 Å². The Morgan fingerprint density at radius 1 is 1.11 bits per heavy atom. The van der Waals surface area contributed by atoms with Gasteiger partial charge in [0.1, 0.15) is 5.75 Å². The van der Waals surface area contributed by atoms with E-state index in [1.54, 1.807) is 13.0 Å². The topological polar surface area (TPSA) is 75.7 Å². The molecular weight excluding hydrogens is 397 g/mol. The van der Waals surface area contributed by atoms with Gasteiger partial charge in [-0.15, -0.1) is 0 Å². The lowest BCUT2D eigenvalue weighted by molar-refractivity contribution is -0.137. The number of rotatable bonds is 6. The molecule has 0 fully saturated rings. The summed E-state index contributed by atoms with van der Waals surface area (Å²) in [5.41, 5.74) is 0.114. The Balaban J connectivity index is 2.05. The largest absolute Gasteiger partial charge is 0.484 e. The fraction of sp³-hybridized carbons (Fsp3) is 0.278. The monoisotopic (exact) mass is 416 g/mol. The minimum absolute atomic E-state index is 0.0158. The summed E-state index contributed by atoms with van der Waals surface area (Å²) >= 11 is 0. The molecule has 0 saturated heterocycles. The van der Waals surface area contributed by atoms with Crippen molar-refractivity contribution in [2.75, 3.05) is 26.0 Å². The fourth-order valence-electron chi connectivity index (χ4n) is 2.18. The highest BCUT2D eigenvalue weighted by Gasteiger charge is 2.30. The van der Waals surface area contributed by atoms with Crippen molar-refractivity contribution in [3.63, 3.8) is 0 Å². The van der Waals surface area contributed by atoms with E-state index in [9.17, 15) is 26.4 Å². The molecule has 0 radical (unpaired) electrons.